The summed E-state index contributed by atoms with van der Waals surface area (Å²) in [4.78, 5) is 22.3. The number of ketones is 1. The van der Waals surface area contributed by atoms with Crippen LogP contribution >= 0.6 is 0 Å². The van der Waals surface area contributed by atoms with Crippen LogP contribution in [0.5, 0.6) is 0 Å². The van der Waals surface area contributed by atoms with Gasteiger partial charge in [0.2, 0.25) is 5.91 Å². The number of nitrogens with zero attached hydrogens (tertiary/aromatic N) is 1. The van der Waals surface area contributed by atoms with E-state index in [0.29, 0.717) is 5.56 Å². The third-order valence-electron chi connectivity index (χ3n) is 1.94. The van der Waals surface area contributed by atoms with Crippen LogP contribution in [-0.2, 0) is 4.79 Å². The van der Waals surface area contributed by atoms with E-state index in [2.05, 4.69) is 0 Å². The number of nitriles is 1. The first-order chi connectivity index (χ1) is 7.65. The molecule has 80 valence electrons. The number of carbonyl (C=O) groups excluding carboxylic acids is 2. The van der Waals surface area contributed by atoms with Gasteiger partial charge >= 0.3 is 0 Å². The molecule has 0 radical (unpaired) electrons. The van der Waals surface area contributed by atoms with Crippen LogP contribution < -0.4 is 5.73 Å². The van der Waals surface area contributed by atoms with Crippen molar-refractivity contribution >= 4 is 11.7 Å². The van der Waals surface area contributed by atoms with Crippen LogP contribution in [0.2, 0.25) is 0 Å². The average Bonchev–Trinajstić information content (AvgIpc) is 2.30. The lowest BCUT2D eigenvalue weighted by atomic mass is 10.1. The van der Waals surface area contributed by atoms with Crippen molar-refractivity contribution in [3.8, 4) is 6.07 Å². The summed E-state index contributed by atoms with van der Waals surface area (Å²) in [5.41, 5.74) is 5.45. The van der Waals surface area contributed by atoms with E-state index < -0.39 is 11.8 Å². The molecule has 1 amide bonds. The average molecular weight is 214 g/mol. The third kappa shape index (κ3) is 3.07. The Bertz CT molecular complexity index is 458. The maximum Gasteiger partial charge on any atom is 0.238 e. The highest BCUT2D eigenvalue weighted by molar-refractivity contribution is 6.04. The summed E-state index contributed by atoms with van der Waals surface area (Å²) in [5, 5.41) is 8.57. The van der Waals surface area contributed by atoms with E-state index in [-0.39, 0.29) is 5.78 Å². The Labute approximate surface area is 93.0 Å². The fourth-order valence-electron chi connectivity index (χ4n) is 1.08. The number of benzene rings is 1. The normalized spacial score (nSPS) is 11.9. The van der Waals surface area contributed by atoms with E-state index >= 15 is 0 Å². The van der Waals surface area contributed by atoms with Gasteiger partial charge in [-0.15, -0.1) is 0 Å². The van der Waals surface area contributed by atoms with Gasteiger partial charge in [-0.3, -0.25) is 9.59 Å². The van der Waals surface area contributed by atoms with Crippen LogP contribution in [0, 0.1) is 17.2 Å². The number of rotatable bonds is 4. The van der Waals surface area contributed by atoms with Crippen molar-refractivity contribution in [2.24, 2.45) is 11.7 Å². The van der Waals surface area contributed by atoms with Crippen molar-refractivity contribution in [3.05, 3.63) is 48.0 Å². The van der Waals surface area contributed by atoms with Crippen molar-refractivity contribution in [1.29, 1.82) is 5.26 Å². The topological polar surface area (TPSA) is 83.9 Å². The van der Waals surface area contributed by atoms with Gasteiger partial charge < -0.3 is 5.73 Å². The van der Waals surface area contributed by atoms with Crippen molar-refractivity contribution < 1.29 is 9.59 Å². The molecule has 0 aliphatic heterocycles. The number of nitrogens with two attached hydrogens (primary N) is 1. The molecule has 0 heterocycles. The second-order valence-corrected chi connectivity index (χ2v) is 3.10. The summed E-state index contributed by atoms with van der Waals surface area (Å²) in [7, 11) is 0. The molecule has 0 spiro atoms. The predicted molar refractivity (Wildman–Crippen MR) is 58.2 cm³/mol. The molecule has 4 heteroatoms. The van der Waals surface area contributed by atoms with Crippen LogP contribution in [0.4, 0.5) is 0 Å². The highest BCUT2D eigenvalue weighted by atomic mass is 16.1. The summed E-state index contributed by atoms with van der Waals surface area (Å²) >= 11 is 0. The largest absolute Gasteiger partial charge is 0.368 e. The van der Waals surface area contributed by atoms with Gasteiger partial charge in [0.1, 0.15) is 5.92 Å². The van der Waals surface area contributed by atoms with Gasteiger partial charge in [-0.05, 0) is 6.08 Å². The number of carbonyl (C=O) groups is 2. The summed E-state index contributed by atoms with van der Waals surface area (Å²) < 4.78 is 0. The Hall–Kier alpha value is -2.41. The zero-order chi connectivity index (χ0) is 12.0. The summed E-state index contributed by atoms with van der Waals surface area (Å²) in [6, 6.07) is 10.3. The van der Waals surface area contributed by atoms with Gasteiger partial charge in [0.15, 0.2) is 5.78 Å². The lowest BCUT2D eigenvalue weighted by Gasteiger charge is -1.96. The molecule has 16 heavy (non-hydrogen) atoms. The Kier molecular flexibility index (Phi) is 3.98. The zero-order valence-corrected chi connectivity index (χ0v) is 8.46. The molecule has 1 aromatic rings. The van der Waals surface area contributed by atoms with E-state index in [1.54, 1.807) is 36.4 Å². The molecule has 0 bridgehead atoms. The number of hydrogen-bond acceptors (Lipinski definition) is 3. The molecule has 2 N–H and O–H groups in total. The number of amides is 1. The number of hydrogen-bond donors (Lipinski definition) is 1. The molecule has 0 aliphatic carbocycles. The molecular weight excluding hydrogens is 204 g/mol. The fourth-order valence-corrected chi connectivity index (χ4v) is 1.08. The minimum Gasteiger partial charge on any atom is -0.368 e. The monoisotopic (exact) mass is 214 g/mol. The van der Waals surface area contributed by atoms with Crippen LogP contribution in [0.25, 0.3) is 0 Å². The second-order valence-electron chi connectivity index (χ2n) is 3.10. The molecule has 0 aromatic heterocycles. The Balaban J connectivity index is 2.76. The molecule has 1 aromatic carbocycles. The first-order valence-corrected chi connectivity index (χ1v) is 4.61. The minimum absolute atomic E-state index is 0.262. The van der Waals surface area contributed by atoms with Crippen molar-refractivity contribution in [3.63, 3.8) is 0 Å². The lowest BCUT2D eigenvalue weighted by molar-refractivity contribution is -0.119. The summed E-state index contributed by atoms with van der Waals surface area (Å²) in [6.45, 7) is 0. The lowest BCUT2D eigenvalue weighted by Crippen LogP contribution is -2.20. The van der Waals surface area contributed by atoms with Gasteiger partial charge in [0.25, 0.3) is 0 Å². The number of primary amides is 1. The Morgan fingerprint density at radius 2 is 1.94 bits per heavy atom. The third-order valence-corrected chi connectivity index (χ3v) is 1.94. The van der Waals surface area contributed by atoms with E-state index in [1.165, 1.54) is 12.2 Å². The van der Waals surface area contributed by atoms with Crippen molar-refractivity contribution in [1.82, 2.24) is 0 Å². The standard InChI is InChI=1S/C12H10N2O2/c13-8-10(12(14)16)6-7-11(15)9-4-2-1-3-5-9/h1-7,10H,(H2,14,16)/b7-6+. The number of allylic oxidation sites excluding steroid dienone is 1. The quantitative estimate of drug-likeness (QED) is 0.600. The van der Waals surface area contributed by atoms with Gasteiger partial charge in [0, 0.05) is 5.56 Å². The Morgan fingerprint density at radius 1 is 1.31 bits per heavy atom. The first kappa shape index (κ1) is 11.7. The predicted octanol–water partition coefficient (Wildman–Crippen LogP) is 1.05. The van der Waals surface area contributed by atoms with Crippen LogP contribution in [0.15, 0.2) is 42.5 Å². The van der Waals surface area contributed by atoms with Gasteiger partial charge in [-0.25, -0.2) is 0 Å². The fraction of sp³-hybridized carbons (Fsp3) is 0.0833. The van der Waals surface area contributed by atoms with Crippen molar-refractivity contribution in [2.45, 2.75) is 0 Å². The zero-order valence-electron chi connectivity index (χ0n) is 8.46. The maximum atomic E-state index is 11.5. The molecule has 4 nitrogen and oxygen atoms in total. The SMILES string of the molecule is N#CC(/C=C/C(=O)c1ccccc1)C(N)=O. The summed E-state index contributed by atoms with van der Waals surface area (Å²) in [6.07, 6.45) is 2.39. The molecule has 1 atom stereocenters. The van der Waals surface area contributed by atoms with E-state index in [9.17, 15) is 9.59 Å². The summed E-state index contributed by atoms with van der Waals surface area (Å²) in [5.74, 6) is -2.09. The van der Waals surface area contributed by atoms with E-state index in [4.69, 9.17) is 11.0 Å². The van der Waals surface area contributed by atoms with Gasteiger partial charge in [-0.2, -0.15) is 5.26 Å². The first-order valence-electron chi connectivity index (χ1n) is 4.61. The molecule has 0 aliphatic rings. The van der Waals surface area contributed by atoms with Crippen LogP contribution in [0.3, 0.4) is 0 Å². The van der Waals surface area contributed by atoms with Crippen LogP contribution in [-0.4, -0.2) is 11.7 Å². The Morgan fingerprint density at radius 3 is 2.44 bits per heavy atom. The van der Waals surface area contributed by atoms with Gasteiger partial charge in [-0.1, -0.05) is 36.4 Å². The van der Waals surface area contributed by atoms with Crippen LogP contribution in [0.1, 0.15) is 10.4 Å². The van der Waals surface area contributed by atoms with Crippen molar-refractivity contribution in [2.75, 3.05) is 0 Å². The molecule has 0 fully saturated rings. The van der Waals surface area contributed by atoms with E-state index in [0.717, 1.165) is 0 Å². The van der Waals surface area contributed by atoms with Gasteiger partial charge in [0.05, 0.1) is 6.07 Å². The molecule has 0 saturated carbocycles. The highest BCUT2D eigenvalue weighted by Gasteiger charge is 2.10. The smallest absolute Gasteiger partial charge is 0.238 e. The maximum absolute atomic E-state index is 11.5. The molecule has 1 unspecified atom stereocenters. The minimum atomic E-state index is -1.06. The highest BCUT2D eigenvalue weighted by Crippen LogP contribution is 2.03. The van der Waals surface area contributed by atoms with E-state index in [1.807, 2.05) is 0 Å². The molecule has 0 saturated heterocycles. The molecule has 1 rings (SSSR count). The molecular formula is C12H10N2O2. The second kappa shape index (κ2) is 5.47.